The number of aryl methyl sites for hydroxylation is 1. The van der Waals surface area contributed by atoms with Crippen LogP contribution in [0.15, 0.2) is 52.1 Å². The molecule has 144 valence electrons. The number of carbonyl (C=O) groups excluding carboxylic acids is 1. The SMILES string of the molecule is Cc1cccc(-c2nnc(S[C@@H](C)C(=O)Nc3ccc(F)c([N+](=O)[O-])c3)o2)c1. The second-order valence-electron chi connectivity index (χ2n) is 5.92. The first-order valence-electron chi connectivity index (χ1n) is 8.15. The first-order chi connectivity index (χ1) is 13.3. The molecule has 10 heteroatoms. The topological polar surface area (TPSA) is 111 Å². The third-order valence-corrected chi connectivity index (χ3v) is 4.66. The molecule has 8 nitrogen and oxygen atoms in total. The Morgan fingerprint density at radius 3 is 2.79 bits per heavy atom. The van der Waals surface area contributed by atoms with E-state index in [0.29, 0.717) is 5.89 Å². The molecule has 0 fully saturated rings. The highest BCUT2D eigenvalue weighted by molar-refractivity contribution is 8.00. The standard InChI is InChI=1S/C18H15FN4O4S/c1-10-4-3-5-12(8-10)17-21-22-18(27-17)28-11(2)16(24)20-13-6-7-14(19)15(9-13)23(25)26/h3-9,11H,1-2H3,(H,20,24)/t11-/m0/s1. The summed E-state index contributed by atoms with van der Waals surface area (Å²) in [5.74, 6) is -1.07. The van der Waals surface area contributed by atoms with Gasteiger partial charge in [0.05, 0.1) is 10.2 Å². The Labute approximate surface area is 163 Å². The van der Waals surface area contributed by atoms with Crippen LogP contribution in [0.4, 0.5) is 15.8 Å². The summed E-state index contributed by atoms with van der Waals surface area (Å²) < 4.78 is 19.0. The lowest BCUT2D eigenvalue weighted by Gasteiger charge is -2.09. The van der Waals surface area contributed by atoms with Gasteiger partial charge in [0.1, 0.15) is 0 Å². The fourth-order valence-electron chi connectivity index (χ4n) is 2.33. The Bertz CT molecular complexity index is 1040. The number of aromatic nitrogens is 2. The Morgan fingerprint density at radius 1 is 1.29 bits per heavy atom. The summed E-state index contributed by atoms with van der Waals surface area (Å²) in [7, 11) is 0. The largest absolute Gasteiger partial charge is 0.411 e. The maximum atomic E-state index is 13.4. The van der Waals surface area contributed by atoms with Crippen molar-refractivity contribution in [2.75, 3.05) is 5.32 Å². The van der Waals surface area contributed by atoms with E-state index in [1.807, 2.05) is 31.2 Å². The summed E-state index contributed by atoms with van der Waals surface area (Å²) >= 11 is 1.04. The number of rotatable bonds is 6. The molecule has 1 aromatic heterocycles. The van der Waals surface area contributed by atoms with Crippen molar-refractivity contribution in [3.05, 3.63) is 64.0 Å². The highest BCUT2D eigenvalue weighted by atomic mass is 32.2. The highest BCUT2D eigenvalue weighted by Crippen LogP contribution is 2.28. The summed E-state index contributed by atoms with van der Waals surface area (Å²) in [6, 6.07) is 10.7. The smallest absolute Gasteiger partial charge is 0.306 e. The summed E-state index contributed by atoms with van der Waals surface area (Å²) in [5.41, 5.74) is 1.23. The monoisotopic (exact) mass is 402 g/mol. The molecule has 2 aromatic carbocycles. The molecule has 28 heavy (non-hydrogen) atoms. The Morgan fingerprint density at radius 2 is 2.07 bits per heavy atom. The zero-order valence-corrected chi connectivity index (χ0v) is 15.7. The number of benzene rings is 2. The Kier molecular flexibility index (Phi) is 5.69. The van der Waals surface area contributed by atoms with E-state index in [1.165, 1.54) is 6.07 Å². The van der Waals surface area contributed by atoms with Crippen LogP contribution in [-0.2, 0) is 4.79 Å². The number of hydrogen-bond acceptors (Lipinski definition) is 7. The first-order valence-corrected chi connectivity index (χ1v) is 9.03. The van der Waals surface area contributed by atoms with Crippen molar-refractivity contribution >= 4 is 29.0 Å². The zero-order chi connectivity index (χ0) is 20.3. The molecule has 0 aliphatic heterocycles. The number of amides is 1. The number of nitrogens with one attached hydrogen (secondary N) is 1. The van der Waals surface area contributed by atoms with Gasteiger partial charge in [-0.1, -0.05) is 29.5 Å². The lowest BCUT2D eigenvalue weighted by Crippen LogP contribution is -2.22. The van der Waals surface area contributed by atoms with Crippen LogP contribution >= 0.6 is 11.8 Å². The van der Waals surface area contributed by atoms with E-state index < -0.39 is 27.6 Å². The molecule has 1 atom stereocenters. The van der Waals surface area contributed by atoms with Gasteiger partial charge in [0, 0.05) is 17.3 Å². The summed E-state index contributed by atoms with van der Waals surface area (Å²) in [6.07, 6.45) is 0. The predicted molar refractivity (Wildman–Crippen MR) is 101 cm³/mol. The molecule has 1 amide bonds. The molecule has 0 bridgehead atoms. The summed E-state index contributed by atoms with van der Waals surface area (Å²) in [6.45, 7) is 3.57. The Hall–Kier alpha value is -3.27. The fraction of sp³-hybridized carbons (Fsp3) is 0.167. The molecule has 0 saturated carbocycles. The fourth-order valence-corrected chi connectivity index (χ4v) is 3.01. The van der Waals surface area contributed by atoms with Crippen molar-refractivity contribution in [2.45, 2.75) is 24.3 Å². The summed E-state index contributed by atoms with van der Waals surface area (Å²) in [5, 5.41) is 20.8. The molecule has 0 radical (unpaired) electrons. The lowest BCUT2D eigenvalue weighted by molar-refractivity contribution is -0.387. The molecule has 0 unspecified atom stereocenters. The number of nitro groups is 1. The van der Waals surface area contributed by atoms with Crippen LogP contribution in [0.5, 0.6) is 0 Å². The first kappa shape index (κ1) is 19.5. The molecule has 1 heterocycles. The quantitative estimate of drug-likeness (QED) is 0.373. The van der Waals surface area contributed by atoms with Gasteiger partial charge in [-0.15, -0.1) is 10.2 Å². The molecular weight excluding hydrogens is 387 g/mol. The molecule has 1 N–H and O–H groups in total. The van der Waals surface area contributed by atoms with E-state index in [1.54, 1.807) is 6.92 Å². The normalized spacial score (nSPS) is 11.8. The van der Waals surface area contributed by atoms with E-state index >= 15 is 0 Å². The van der Waals surface area contributed by atoms with Gasteiger partial charge in [0.25, 0.3) is 5.22 Å². The van der Waals surface area contributed by atoms with Crippen molar-refractivity contribution in [2.24, 2.45) is 0 Å². The molecule has 0 aliphatic carbocycles. The number of nitrogens with zero attached hydrogens (tertiary/aromatic N) is 3. The van der Waals surface area contributed by atoms with Crippen molar-refractivity contribution in [3.63, 3.8) is 0 Å². The second-order valence-corrected chi connectivity index (χ2v) is 7.21. The number of thioether (sulfide) groups is 1. The number of nitro benzene ring substituents is 1. The van der Waals surface area contributed by atoms with Gasteiger partial charge in [-0.05, 0) is 38.1 Å². The third kappa shape index (κ3) is 4.52. The number of carbonyl (C=O) groups is 1. The maximum absolute atomic E-state index is 13.4. The third-order valence-electron chi connectivity index (χ3n) is 3.73. The minimum Gasteiger partial charge on any atom is -0.411 e. The minimum atomic E-state index is -0.972. The molecular formula is C18H15FN4O4S. The number of halogens is 1. The second kappa shape index (κ2) is 8.17. The van der Waals surface area contributed by atoms with E-state index in [4.69, 9.17) is 4.42 Å². The van der Waals surface area contributed by atoms with Gasteiger partial charge >= 0.3 is 5.69 Å². The van der Waals surface area contributed by atoms with Crippen LogP contribution in [0, 0.1) is 22.9 Å². The van der Waals surface area contributed by atoms with Gasteiger partial charge in [-0.2, -0.15) is 4.39 Å². The van der Waals surface area contributed by atoms with Crippen LogP contribution in [0.1, 0.15) is 12.5 Å². The van der Waals surface area contributed by atoms with Gasteiger partial charge in [0.2, 0.25) is 17.6 Å². The molecule has 0 spiro atoms. The number of anilines is 1. The van der Waals surface area contributed by atoms with Crippen LogP contribution in [0.25, 0.3) is 11.5 Å². The van der Waals surface area contributed by atoms with Crippen LogP contribution in [0.3, 0.4) is 0 Å². The van der Waals surface area contributed by atoms with Crippen LogP contribution in [-0.4, -0.2) is 26.3 Å². The van der Waals surface area contributed by atoms with E-state index in [0.717, 1.165) is 35.0 Å². The van der Waals surface area contributed by atoms with Crippen LogP contribution < -0.4 is 5.32 Å². The van der Waals surface area contributed by atoms with Gasteiger partial charge in [-0.25, -0.2) is 0 Å². The van der Waals surface area contributed by atoms with E-state index in [-0.39, 0.29) is 10.9 Å². The van der Waals surface area contributed by atoms with Crippen molar-refractivity contribution < 1.29 is 18.5 Å². The number of hydrogen-bond donors (Lipinski definition) is 1. The lowest BCUT2D eigenvalue weighted by atomic mass is 10.1. The summed E-state index contributed by atoms with van der Waals surface area (Å²) in [4.78, 5) is 22.3. The van der Waals surface area contributed by atoms with Gasteiger partial charge in [-0.3, -0.25) is 14.9 Å². The van der Waals surface area contributed by atoms with Gasteiger partial charge < -0.3 is 9.73 Å². The van der Waals surface area contributed by atoms with Crippen molar-refractivity contribution in [1.82, 2.24) is 10.2 Å². The predicted octanol–water partition coefficient (Wildman–Crippen LogP) is 4.21. The van der Waals surface area contributed by atoms with Gasteiger partial charge in [0.15, 0.2) is 0 Å². The van der Waals surface area contributed by atoms with E-state index in [2.05, 4.69) is 15.5 Å². The van der Waals surface area contributed by atoms with Crippen LogP contribution in [0.2, 0.25) is 0 Å². The molecule has 0 aliphatic rings. The highest BCUT2D eigenvalue weighted by Gasteiger charge is 2.21. The average Bonchev–Trinajstić information content (AvgIpc) is 3.11. The maximum Gasteiger partial charge on any atom is 0.306 e. The zero-order valence-electron chi connectivity index (χ0n) is 14.9. The van der Waals surface area contributed by atoms with Crippen molar-refractivity contribution in [1.29, 1.82) is 0 Å². The average molecular weight is 402 g/mol. The Balaban J connectivity index is 1.66. The molecule has 0 saturated heterocycles. The molecule has 3 rings (SSSR count). The minimum absolute atomic E-state index is 0.122. The van der Waals surface area contributed by atoms with E-state index in [9.17, 15) is 19.3 Å². The molecule has 3 aromatic rings. The van der Waals surface area contributed by atoms with Crippen molar-refractivity contribution in [3.8, 4) is 11.5 Å².